The molecular formula is C28H32N4O3. The number of imide groups is 1. The molecule has 3 amide bonds. The third-order valence-corrected chi connectivity index (χ3v) is 7.45. The van der Waals surface area contributed by atoms with Crippen LogP contribution in [0, 0.1) is 0 Å². The van der Waals surface area contributed by atoms with Gasteiger partial charge in [-0.15, -0.1) is 0 Å². The molecule has 7 nitrogen and oxygen atoms in total. The molecule has 1 aliphatic heterocycles. The molecule has 2 aromatic carbocycles. The first kappa shape index (κ1) is 23.3. The topological polar surface area (TPSA) is 94.3 Å². The van der Waals surface area contributed by atoms with Gasteiger partial charge in [-0.05, 0) is 43.4 Å². The van der Waals surface area contributed by atoms with Crippen LogP contribution in [0.4, 0.5) is 4.79 Å². The highest BCUT2D eigenvalue weighted by Gasteiger charge is 2.52. The molecule has 2 heterocycles. The number of amides is 3. The van der Waals surface area contributed by atoms with E-state index in [2.05, 4.69) is 28.6 Å². The number of urea groups is 1. The molecule has 182 valence electrons. The van der Waals surface area contributed by atoms with Crippen LogP contribution in [-0.2, 0) is 11.2 Å². The molecule has 0 radical (unpaired) electrons. The molecule has 1 atom stereocenters. The Hall–Kier alpha value is -3.45. The van der Waals surface area contributed by atoms with Crippen molar-refractivity contribution in [1.29, 1.82) is 0 Å². The summed E-state index contributed by atoms with van der Waals surface area (Å²) in [4.78, 5) is 43.7. The van der Waals surface area contributed by atoms with E-state index in [4.69, 9.17) is 0 Å². The van der Waals surface area contributed by atoms with Crippen LogP contribution in [0.25, 0.3) is 10.9 Å². The molecule has 1 unspecified atom stereocenters. The van der Waals surface area contributed by atoms with Gasteiger partial charge in [-0.2, -0.15) is 0 Å². The van der Waals surface area contributed by atoms with Gasteiger partial charge in [0.1, 0.15) is 5.54 Å². The number of hydrogen-bond donors (Lipinski definition) is 3. The highest BCUT2D eigenvalue weighted by atomic mass is 16.2. The molecule has 7 heteroatoms. The lowest BCUT2D eigenvalue weighted by atomic mass is 9.96. The van der Waals surface area contributed by atoms with Gasteiger partial charge in [0.25, 0.3) is 5.91 Å². The average molecular weight is 473 g/mol. The number of hydrogen-bond acceptors (Lipinski definition) is 4. The average Bonchev–Trinajstić information content (AvgIpc) is 3.58. The van der Waals surface area contributed by atoms with Crippen LogP contribution in [-0.4, -0.2) is 46.2 Å². The molecule has 1 spiro atoms. The number of nitrogens with zero attached hydrogens (tertiary/aromatic N) is 1. The number of H-pyrrole nitrogens is 1. The molecule has 3 N–H and O–H groups in total. The van der Waals surface area contributed by atoms with E-state index in [1.165, 1.54) is 10.5 Å². The van der Waals surface area contributed by atoms with E-state index in [9.17, 15) is 14.4 Å². The molecule has 2 aliphatic rings. The summed E-state index contributed by atoms with van der Waals surface area (Å²) >= 11 is 0. The fraction of sp³-hybridized carbons (Fsp3) is 0.393. The lowest BCUT2D eigenvalue weighted by molar-refractivity contribution is -0.131. The van der Waals surface area contributed by atoms with Gasteiger partial charge in [0, 0.05) is 29.2 Å². The first-order chi connectivity index (χ1) is 17.0. The number of rotatable bonds is 9. The zero-order valence-electron chi connectivity index (χ0n) is 20.1. The highest BCUT2D eigenvalue weighted by Crippen LogP contribution is 2.35. The number of aryl methyl sites for hydroxylation is 1. The third-order valence-electron chi connectivity index (χ3n) is 7.45. The van der Waals surface area contributed by atoms with Crippen LogP contribution in [0.5, 0.6) is 0 Å². The Labute approximate surface area is 205 Å². The smallest absolute Gasteiger partial charge is 0.325 e. The van der Waals surface area contributed by atoms with Gasteiger partial charge in [0.2, 0.25) is 0 Å². The predicted molar refractivity (Wildman–Crippen MR) is 135 cm³/mol. The van der Waals surface area contributed by atoms with Gasteiger partial charge >= 0.3 is 6.03 Å². The monoisotopic (exact) mass is 472 g/mol. The van der Waals surface area contributed by atoms with Crippen LogP contribution in [0.15, 0.2) is 54.7 Å². The second kappa shape index (κ2) is 9.66. The fourth-order valence-corrected chi connectivity index (χ4v) is 5.56. The molecule has 3 aromatic rings. The minimum absolute atomic E-state index is 0.00407. The van der Waals surface area contributed by atoms with Crippen molar-refractivity contribution >= 4 is 28.6 Å². The second-order valence-electron chi connectivity index (χ2n) is 9.59. The fourth-order valence-electron chi connectivity index (χ4n) is 5.56. The van der Waals surface area contributed by atoms with Crippen molar-refractivity contribution in [2.45, 2.75) is 57.0 Å². The number of nitrogens with one attached hydrogen (secondary N) is 3. The Morgan fingerprint density at radius 1 is 1.09 bits per heavy atom. The molecule has 2 fully saturated rings. The summed E-state index contributed by atoms with van der Waals surface area (Å²) in [6.07, 6.45) is 6.64. The van der Waals surface area contributed by atoms with Crippen molar-refractivity contribution in [1.82, 2.24) is 20.5 Å². The summed E-state index contributed by atoms with van der Waals surface area (Å²) in [5.41, 5.74) is 3.05. The minimum Gasteiger partial charge on any atom is -0.360 e. The van der Waals surface area contributed by atoms with Crippen molar-refractivity contribution in [2.24, 2.45) is 0 Å². The second-order valence-corrected chi connectivity index (χ2v) is 9.59. The molecule has 5 rings (SSSR count). The van der Waals surface area contributed by atoms with Crippen LogP contribution < -0.4 is 10.6 Å². The first-order valence-corrected chi connectivity index (χ1v) is 12.6. The maximum Gasteiger partial charge on any atom is 0.325 e. The summed E-state index contributed by atoms with van der Waals surface area (Å²) in [6, 6.07) is 14.9. The number of Topliss-reactive ketones (excluding diaryl/α,β-unsaturated/α-hetero) is 1. The van der Waals surface area contributed by atoms with Crippen LogP contribution in [0.1, 0.15) is 66.6 Å². The Kier molecular flexibility index (Phi) is 6.43. The Balaban J connectivity index is 1.30. The van der Waals surface area contributed by atoms with Gasteiger partial charge in [-0.1, -0.05) is 68.3 Å². The number of aromatic nitrogens is 1. The Bertz CT molecular complexity index is 1240. The van der Waals surface area contributed by atoms with Crippen molar-refractivity contribution in [3.05, 3.63) is 71.4 Å². The van der Waals surface area contributed by atoms with E-state index in [0.717, 1.165) is 48.6 Å². The predicted octanol–water partition coefficient (Wildman–Crippen LogP) is 4.50. The maximum atomic E-state index is 13.7. The zero-order chi connectivity index (χ0) is 24.4. The van der Waals surface area contributed by atoms with E-state index < -0.39 is 11.6 Å². The first-order valence-electron chi connectivity index (χ1n) is 12.6. The lowest BCUT2D eigenvalue weighted by Gasteiger charge is -2.21. The largest absolute Gasteiger partial charge is 0.360 e. The van der Waals surface area contributed by atoms with Crippen molar-refractivity contribution < 1.29 is 14.4 Å². The van der Waals surface area contributed by atoms with Gasteiger partial charge in [-0.25, -0.2) is 4.79 Å². The SMILES string of the molecule is CCc1cccc2c(C(=O)C(NCCCN3C(=O)NC4(CCCC4)C3=O)c3ccccc3)c[nH]c12. The standard InChI is InChI=1S/C28H32N4O3/c1-2-19-12-8-13-21-22(18-30-23(19)21)25(33)24(20-10-4-3-5-11-20)29-16-9-17-32-26(34)28(31-27(32)35)14-6-7-15-28/h3-5,8,10-13,18,24,29-30H,2,6-7,9,14-17H2,1H3,(H,31,35). The quantitative estimate of drug-likeness (QED) is 0.243. The van der Waals surface area contributed by atoms with E-state index in [0.29, 0.717) is 25.1 Å². The van der Waals surface area contributed by atoms with Crippen molar-refractivity contribution in [3.8, 4) is 0 Å². The summed E-state index contributed by atoms with van der Waals surface area (Å²) in [5.74, 6) is -0.100. The number of fused-ring (bicyclic) bond motifs is 1. The minimum atomic E-state index is -0.681. The number of benzene rings is 2. The van der Waals surface area contributed by atoms with E-state index >= 15 is 0 Å². The number of carbonyl (C=O) groups excluding carboxylic acids is 3. The molecule has 1 aliphatic carbocycles. The van der Waals surface area contributed by atoms with E-state index in [1.807, 2.05) is 42.5 Å². The number of carbonyl (C=O) groups is 3. The molecule has 1 aromatic heterocycles. The van der Waals surface area contributed by atoms with Crippen LogP contribution in [0.2, 0.25) is 0 Å². The van der Waals surface area contributed by atoms with Crippen molar-refractivity contribution in [3.63, 3.8) is 0 Å². The van der Waals surface area contributed by atoms with Gasteiger partial charge in [0.05, 0.1) is 6.04 Å². The summed E-state index contributed by atoms with van der Waals surface area (Å²) in [7, 11) is 0. The van der Waals surface area contributed by atoms with Gasteiger partial charge in [-0.3, -0.25) is 14.5 Å². The summed E-state index contributed by atoms with van der Waals surface area (Å²) in [5, 5.41) is 7.26. The lowest BCUT2D eigenvalue weighted by Crippen LogP contribution is -2.44. The zero-order valence-corrected chi connectivity index (χ0v) is 20.1. The Morgan fingerprint density at radius 2 is 1.86 bits per heavy atom. The Morgan fingerprint density at radius 3 is 2.60 bits per heavy atom. The van der Waals surface area contributed by atoms with Gasteiger partial charge < -0.3 is 15.6 Å². The summed E-state index contributed by atoms with van der Waals surface area (Å²) in [6.45, 7) is 2.94. The van der Waals surface area contributed by atoms with E-state index in [-0.39, 0.29) is 17.7 Å². The third kappa shape index (κ3) is 4.25. The normalized spacial score (nSPS) is 17.9. The number of aromatic amines is 1. The van der Waals surface area contributed by atoms with Crippen molar-refractivity contribution in [2.75, 3.05) is 13.1 Å². The van der Waals surface area contributed by atoms with Crippen LogP contribution in [0.3, 0.4) is 0 Å². The molecule has 1 saturated heterocycles. The molecule has 35 heavy (non-hydrogen) atoms. The molecular weight excluding hydrogens is 440 g/mol. The van der Waals surface area contributed by atoms with E-state index in [1.54, 1.807) is 6.20 Å². The molecule has 0 bridgehead atoms. The molecule has 1 saturated carbocycles. The van der Waals surface area contributed by atoms with Gasteiger partial charge in [0.15, 0.2) is 5.78 Å². The number of ketones is 1. The highest BCUT2D eigenvalue weighted by molar-refractivity contribution is 6.11. The summed E-state index contributed by atoms with van der Waals surface area (Å²) < 4.78 is 0. The number of para-hydroxylation sites is 1. The maximum absolute atomic E-state index is 13.7. The van der Waals surface area contributed by atoms with Crippen LogP contribution >= 0.6 is 0 Å².